The minimum Gasteiger partial charge on any atom is -0.383 e. The summed E-state index contributed by atoms with van der Waals surface area (Å²) in [6, 6.07) is 1.26. The van der Waals surface area contributed by atoms with Crippen LogP contribution in [0.2, 0.25) is 0 Å². The average Bonchev–Trinajstić information content (AvgIpc) is 2.23. The number of hydrogen-bond donors (Lipinski definition) is 1. The summed E-state index contributed by atoms with van der Waals surface area (Å²) in [7, 11) is 1.80. The van der Waals surface area contributed by atoms with Crippen LogP contribution < -0.4 is 5.32 Å². The number of hydrogen-bond acceptors (Lipinski definition) is 2. The van der Waals surface area contributed by atoms with E-state index in [0.717, 1.165) is 18.4 Å². The number of nitrogens with one attached hydrogen (secondary N) is 1. The molecule has 16 heavy (non-hydrogen) atoms. The molecule has 0 heterocycles. The van der Waals surface area contributed by atoms with Crippen molar-refractivity contribution in [2.45, 2.75) is 65.0 Å². The highest BCUT2D eigenvalue weighted by Crippen LogP contribution is 2.29. The first-order valence-corrected chi connectivity index (χ1v) is 6.92. The van der Waals surface area contributed by atoms with Gasteiger partial charge in [0.15, 0.2) is 0 Å². The molecular formula is C14H29NO. The van der Waals surface area contributed by atoms with E-state index >= 15 is 0 Å². The van der Waals surface area contributed by atoms with E-state index in [-0.39, 0.29) is 0 Å². The van der Waals surface area contributed by atoms with Crippen LogP contribution in [0.4, 0.5) is 0 Å². The fourth-order valence-electron chi connectivity index (χ4n) is 2.98. The summed E-state index contributed by atoms with van der Waals surface area (Å²) in [6.07, 6.45) is 6.56. The number of ether oxygens (including phenoxy) is 1. The lowest BCUT2D eigenvalue weighted by Crippen LogP contribution is -2.46. The molecule has 2 heteroatoms. The zero-order valence-corrected chi connectivity index (χ0v) is 11.5. The molecule has 2 nitrogen and oxygen atoms in total. The summed E-state index contributed by atoms with van der Waals surface area (Å²) >= 11 is 0. The molecular weight excluding hydrogens is 198 g/mol. The van der Waals surface area contributed by atoms with Gasteiger partial charge in [-0.05, 0) is 37.5 Å². The average molecular weight is 227 g/mol. The van der Waals surface area contributed by atoms with Crippen LogP contribution >= 0.6 is 0 Å². The molecule has 1 saturated carbocycles. The molecule has 4 unspecified atom stereocenters. The largest absolute Gasteiger partial charge is 0.383 e. The van der Waals surface area contributed by atoms with Gasteiger partial charge in [-0.1, -0.05) is 27.2 Å². The molecule has 0 aromatic carbocycles. The zero-order chi connectivity index (χ0) is 12.0. The summed E-state index contributed by atoms with van der Waals surface area (Å²) in [5.41, 5.74) is 0. The topological polar surface area (TPSA) is 21.3 Å². The molecule has 0 aromatic heterocycles. The fraction of sp³-hybridized carbons (Fsp3) is 1.00. The third-order valence-electron chi connectivity index (χ3n) is 3.89. The second kappa shape index (κ2) is 7.29. The van der Waals surface area contributed by atoms with Crippen molar-refractivity contribution in [2.24, 2.45) is 11.8 Å². The standard InChI is InChI=1S/C14H29NO/c1-5-6-13(10-16-4)15-14-8-7-11(2)9-12(14)3/h11-15H,5-10H2,1-4H3. The van der Waals surface area contributed by atoms with Crippen LogP contribution in [0.5, 0.6) is 0 Å². The smallest absolute Gasteiger partial charge is 0.0615 e. The first kappa shape index (κ1) is 14.0. The molecule has 96 valence electrons. The van der Waals surface area contributed by atoms with Crippen molar-refractivity contribution in [3.63, 3.8) is 0 Å². The Kier molecular flexibility index (Phi) is 6.37. The molecule has 0 amide bonds. The fourth-order valence-corrected chi connectivity index (χ4v) is 2.98. The second-order valence-corrected chi connectivity index (χ2v) is 5.61. The van der Waals surface area contributed by atoms with Crippen molar-refractivity contribution in [3.05, 3.63) is 0 Å². The van der Waals surface area contributed by atoms with Crippen molar-refractivity contribution in [2.75, 3.05) is 13.7 Å². The summed E-state index contributed by atoms with van der Waals surface area (Å²) in [5, 5.41) is 3.80. The minimum absolute atomic E-state index is 0.552. The van der Waals surface area contributed by atoms with Gasteiger partial charge < -0.3 is 10.1 Å². The third-order valence-corrected chi connectivity index (χ3v) is 3.89. The van der Waals surface area contributed by atoms with E-state index in [2.05, 4.69) is 26.1 Å². The predicted octanol–water partition coefficient (Wildman–Crippen LogP) is 3.22. The Hall–Kier alpha value is -0.0800. The van der Waals surface area contributed by atoms with Crippen molar-refractivity contribution >= 4 is 0 Å². The first-order valence-electron chi connectivity index (χ1n) is 6.92. The molecule has 0 spiro atoms. The van der Waals surface area contributed by atoms with E-state index in [1.54, 1.807) is 7.11 Å². The van der Waals surface area contributed by atoms with Gasteiger partial charge in [0, 0.05) is 19.2 Å². The van der Waals surface area contributed by atoms with Crippen LogP contribution in [-0.4, -0.2) is 25.8 Å². The molecule has 1 fully saturated rings. The van der Waals surface area contributed by atoms with Gasteiger partial charge in [-0.2, -0.15) is 0 Å². The summed E-state index contributed by atoms with van der Waals surface area (Å²) in [4.78, 5) is 0. The van der Waals surface area contributed by atoms with E-state index in [4.69, 9.17) is 4.74 Å². The highest BCUT2D eigenvalue weighted by Gasteiger charge is 2.26. The summed E-state index contributed by atoms with van der Waals surface area (Å²) < 4.78 is 5.29. The van der Waals surface area contributed by atoms with Crippen LogP contribution in [0, 0.1) is 11.8 Å². The van der Waals surface area contributed by atoms with Gasteiger partial charge in [0.05, 0.1) is 6.61 Å². The predicted molar refractivity (Wildman–Crippen MR) is 69.7 cm³/mol. The van der Waals surface area contributed by atoms with Gasteiger partial charge in [0.25, 0.3) is 0 Å². The Morgan fingerprint density at radius 1 is 1.31 bits per heavy atom. The molecule has 0 radical (unpaired) electrons. The van der Waals surface area contributed by atoms with Crippen LogP contribution in [0.3, 0.4) is 0 Å². The highest BCUT2D eigenvalue weighted by molar-refractivity contribution is 4.83. The maximum Gasteiger partial charge on any atom is 0.0615 e. The van der Waals surface area contributed by atoms with Gasteiger partial charge in [0.2, 0.25) is 0 Å². The van der Waals surface area contributed by atoms with Crippen LogP contribution in [0.1, 0.15) is 52.9 Å². The summed E-state index contributed by atoms with van der Waals surface area (Å²) in [6.45, 7) is 7.87. The maximum atomic E-state index is 5.29. The molecule has 0 saturated heterocycles. The van der Waals surface area contributed by atoms with Crippen LogP contribution in [0.15, 0.2) is 0 Å². The monoisotopic (exact) mass is 227 g/mol. The SMILES string of the molecule is CCCC(COC)NC1CCC(C)CC1C. The maximum absolute atomic E-state index is 5.29. The zero-order valence-electron chi connectivity index (χ0n) is 11.5. The van der Waals surface area contributed by atoms with Crippen LogP contribution in [0.25, 0.3) is 0 Å². The molecule has 1 aliphatic rings. The Balaban J connectivity index is 2.37. The normalized spacial score (nSPS) is 32.6. The summed E-state index contributed by atoms with van der Waals surface area (Å²) in [5.74, 6) is 1.74. The number of rotatable bonds is 6. The van der Waals surface area contributed by atoms with Crippen LogP contribution in [-0.2, 0) is 4.74 Å². The van der Waals surface area contributed by atoms with Gasteiger partial charge in [-0.3, -0.25) is 0 Å². The van der Waals surface area contributed by atoms with E-state index in [1.165, 1.54) is 32.1 Å². The van der Waals surface area contributed by atoms with Gasteiger partial charge in [0.1, 0.15) is 0 Å². The highest BCUT2D eigenvalue weighted by atomic mass is 16.5. The lowest BCUT2D eigenvalue weighted by molar-refractivity contribution is 0.135. The van der Waals surface area contributed by atoms with E-state index in [0.29, 0.717) is 12.1 Å². The Labute approximate surface area is 101 Å². The minimum atomic E-state index is 0.552. The van der Waals surface area contributed by atoms with Crippen molar-refractivity contribution < 1.29 is 4.74 Å². The van der Waals surface area contributed by atoms with E-state index in [9.17, 15) is 0 Å². The van der Waals surface area contributed by atoms with Gasteiger partial charge in [-0.25, -0.2) is 0 Å². The molecule has 4 atom stereocenters. The lowest BCUT2D eigenvalue weighted by atomic mass is 9.79. The van der Waals surface area contributed by atoms with Gasteiger partial charge >= 0.3 is 0 Å². The second-order valence-electron chi connectivity index (χ2n) is 5.61. The molecule has 0 aromatic rings. The first-order chi connectivity index (χ1) is 7.67. The van der Waals surface area contributed by atoms with Gasteiger partial charge in [-0.15, -0.1) is 0 Å². The molecule has 1 N–H and O–H groups in total. The quantitative estimate of drug-likeness (QED) is 0.752. The van der Waals surface area contributed by atoms with Crippen molar-refractivity contribution in [1.29, 1.82) is 0 Å². The molecule has 1 rings (SSSR count). The van der Waals surface area contributed by atoms with E-state index < -0.39 is 0 Å². The molecule has 0 aliphatic heterocycles. The van der Waals surface area contributed by atoms with Crippen molar-refractivity contribution in [1.82, 2.24) is 5.32 Å². The van der Waals surface area contributed by atoms with E-state index in [1.807, 2.05) is 0 Å². The molecule has 0 bridgehead atoms. The lowest BCUT2D eigenvalue weighted by Gasteiger charge is -2.36. The van der Waals surface area contributed by atoms with Crippen molar-refractivity contribution in [3.8, 4) is 0 Å². The Morgan fingerprint density at radius 3 is 2.62 bits per heavy atom. The molecule has 1 aliphatic carbocycles. The Bertz CT molecular complexity index is 178. The number of methoxy groups -OCH3 is 1. The third kappa shape index (κ3) is 4.42. The Morgan fingerprint density at radius 2 is 2.06 bits per heavy atom.